The van der Waals surface area contributed by atoms with Gasteiger partial charge in [-0.05, 0) is 44.0 Å². The molecule has 5 nitrogen and oxygen atoms in total. The van der Waals surface area contributed by atoms with E-state index < -0.39 is 11.5 Å². The van der Waals surface area contributed by atoms with E-state index in [0.717, 1.165) is 16.9 Å². The molecule has 26 heavy (non-hydrogen) atoms. The van der Waals surface area contributed by atoms with Crippen LogP contribution in [0.15, 0.2) is 35.1 Å². The van der Waals surface area contributed by atoms with Crippen LogP contribution >= 0.6 is 22.9 Å². The number of hydrogen-bond acceptors (Lipinski definition) is 4. The smallest absolute Gasteiger partial charge is 0.329 e. The Balaban J connectivity index is 2.28. The molecule has 2 aromatic heterocycles. The number of aliphatic carboxylic acids is 1. The first-order chi connectivity index (χ1) is 12.2. The van der Waals surface area contributed by atoms with Gasteiger partial charge in [0.05, 0.1) is 5.39 Å². The number of carboxylic acids is 1. The molecule has 0 saturated heterocycles. The number of hydrogen-bond donors (Lipinski definition) is 1. The van der Waals surface area contributed by atoms with Crippen molar-refractivity contribution in [3.63, 3.8) is 0 Å². The molecule has 0 spiro atoms. The van der Waals surface area contributed by atoms with Gasteiger partial charge in [0.2, 0.25) is 0 Å². The van der Waals surface area contributed by atoms with Crippen LogP contribution in [0.3, 0.4) is 0 Å². The molecule has 0 aliphatic carbocycles. The summed E-state index contributed by atoms with van der Waals surface area (Å²) in [6.45, 7) is 5.04. The molecule has 136 valence electrons. The van der Waals surface area contributed by atoms with Crippen LogP contribution in [-0.4, -0.2) is 20.6 Å². The summed E-state index contributed by atoms with van der Waals surface area (Å²) in [5.41, 5.74) is -0.873. The highest BCUT2D eigenvalue weighted by molar-refractivity contribution is 7.18. The van der Waals surface area contributed by atoms with Crippen molar-refractivity contribution in [1.82, 2.24) is 9.55 Å². The molecule has 3 aromatic rings. The molecule has 0 bridgehead atoms. The molecule has 1 aromatic carbocycles. The molecule has 0 unspecified atom stereocenters. The predicted octanol–water partition coefficient (Wildman–Crippen LogP) is 4.08. The van der Waals surface area contributed by atoms with Gasteiger partial charge in [0, 0.05) is 16.3 Å². The number of fused-ring (bicyclic) bond motifs is 1. The fourth-order valence-electron chi connectivity index (χ4n) is 2.87. The van der Waals surface area contributed by atoms with Crippen molar-refractivity contribution in [2.75, 3.05) is 0 Å². The second-order valence-corrected chi connectivity index (χ2v) is 8.18. The Bertz CT molecular complexity index is 1050. The number of nitrogens with zero attached hydrogens (tertiary/aromatic N) is 2. The van der Waals surface area contributed by atoms with E-state index in [1.807, 2.05) is 25.1 Å². The lowest BCUT2D eigenvalue weighted by atomic mass is 10.0. The molecule has 0 aliphatic rings. The SMILES string of the molecule is CCc1cc2c(=O)n(C(C)(C)C(=O)O)c(Cc3cccc(Cl)c3)nc2s1. The Kier molecular flexibility index (Phi) is 4.90. The average Bonchev–Trinajstić information content (AvgIpc) is 2.98. The number of thiophene rings is 1. The van der Waals surface area contributed by atoms with Gasteiger partial charge in [-0.1, -0.05) is 30.7 Å². The Hall–Kier alpha value is -2.18. The van der Waals surface area contributed by atoms with Crippen molar-refractivity contribution in [3.05, 3.63) is 62.0 Å². The summed E-state index contributed by atoms with van der Waals surface area (Å²) in [6.07, 6.45) is 1.12. The highest BCUT2D eigenvalue weighted by Gasteiger charge is 2.34. The van der Waals surface area contributed by atoms with Crippen LogP contribution in [0.5, 0.6) is 0 Å². The first-order valence-electron chi connectivity index (χ1n) is 8.26. The van der Waals surface area contributed by atoms with Crippen molar-refractivity contribution in [2.24, 2.45) is 0 Å². The largest absolute Gasteiger partial charge is 0.480 e. The molecule has 0 amide bonds. The molecule has 7 heteroatoms. The molecule has 2 heterocycles. The van der Waals surface area contributed by atoms with E-state index in [0.29, 0.717) is 27.5 Å². The quantitative estimate of drug-likeness (QED) is 0.712. The minimum Gasteiger partial charge on any atom is -0.480 e. The van der Waals surface area contributed by atoms with Crippen molar-refractivity contribution >= 4 is 39.1 Å². The first-order valence-corrected chi connectivity index (χ1v) is 9.46. The Morgan fingerprint density at radius 2 is 2.08 bits per heavy atom. The Labute approximate surface area is 159 Å². The van der Waals surface area contributed by atoms with E-state index in [2.05, 4.69) is 4.98 Å². The average molecular weight is 391 g/mol. The van der Waals surface area contributed by atoms with Gasteiger partial charge in [-0.15, -0.1) is 11.3 Å². The molecule has 0 radical (unpaired) electrons. The summed E-state index contributed by atoms with van der Waals surface area (Å²) in [5, 5.41) is 10.7. The van der Waals surface area contributed by atoms with E-state index in [4.69, 9.17) is 11.6 Å². The van der Waals surface area contributed by atoms with Crippen LogP contribution < -0.4 is 5.56 Å². The van der Waals surface area contributed by atoms with E-state index in [-0.39, 0.29) is 5.56 Å². The molecular weight excluding hydrogens is 372 g/mol. The summed E-state index contributed by atoms with van der Waals surface area (Å²) in [5.74, 6) is -0.666. The summed E-state index contributed by atoms with van der Waals surface area (Å²) >= 11 is 7.53. The molecule has 0 aliphatic heterocycles. The van der Waals surface area contributed by atoms with Crippen LogP contribution in [0.1, 0.15) is 37.0 Å². The maximum Gasteiger partial charge on any atom is 0.329 e. The number of aryl methyl sites for hydroxylation is 1. The third kappa shape index (κ3) is 3.27. The van der Waals surface area contributed by atoms with Crippen molar-refractivity contribution in [3.8, 4) is 0 Å². The van der Waals surface area contributed by atoms with Gasteiger partial charge in [0.25, 0.3) is 5.56 Å². The fourth-order valence-corrected chi connectivity index (χ4v) is 4.06. The zero-order valence-corrected chi connectivity index (χ0v) is 16.3. The van der Waals surface area contributed by atoms with E-state index in [1.165, 1.54) is 29.8 Å². The van der Waals surface area contributed by atoms with E-state index in [9.17, 15) is 14.7 Å². The lowest BCUT2D eigenvalue weighted by Crippen LogP contribution is -2.44. The standard InChI is InChI=1S/C19H19ClN2O3S/c1-4-13-10-14-16(26-13)21-15(9-11-6-5-7-12(20)8-11)22(17(14)23)19(2,3)18(24)25/h5-8,10H,4,9H2,1-3H3,(H,24,25). The van der Waals surface area contributed by atoms with Crippen LogP contribution in [0.25, 0.3) is 10.2 Å². The molecular formula is C19H19ClN2O3S. The molecule has 1 N–H and O–H groups in total. The van der Waals surface area contributed by atoms with Crippen LogP contribution in [0, 0.1) is 0 Å². The van der Waals surface area contributed by atoms with E-state index >= 15 is 0 Å². The summed E-state index contributed by atoms with van der Waals surface area (Å²) in [4.78, 5) is 31.3. The van der Waals surface area contributed by atoms with Gasteiger partial charge in [0.15, 0.2) is 0 Å². The van der Waals surface area contributed by atoms with Crippen molar-refractivity contribution in [2.45, 2.75) is 39.2 Å². The molecule has 3 rings (SSSR count). The van der Waals surface area contributed by atoms with Gasteiger partial charge in [-0.25, -0.2) is 9.78 Å². The maximum absolute atomic E-state index is 13.1. The number of benzene rings is 1. The third-order valence-corrected chi connectivity index (χ3v) is 5.78. The van der Waals surface area contributed by atoms with Crippen molar-refractivity contribution in [1.29, 1.82) is 0 Å². The fraction of sp³-hybridized carbons (Fsp3) is 0.316. The minimum absolute atomic E-state index is 0.321. The summed E-state index contributed by atoms with van der Waals surface area (Å²) in [7, 11) is 0. The van der Waals surface area contributed by atoms with Gasteiger partial charge in [0.1, 0.15) is 16.2 Å². The minimum atomic E-state index is -1.42. The maximum atomic E-state index is 13.1. The third-order valence-electron chi connectivity index (χ3n) is 4.37. The zero-order chi connectivity index (χ0) is 19.1. The zero-order valence-electron chi connectivity index (χ0n) is 14.7. The Morgan fingerprint density at radius 3 is 2.69 bits per heavy atom. The van der Waals surface area contributed by atoms with Gasteiger partial charge in [-0.2, -0.15) is 0 Å². The lowest BCUT2D eigenvalue weighted by Gasteiger charge is -2.25. The van der Waals surface area contributed by atoms with Crippen molar-refractivity contribution < 1.29 is 9.90 Å². The summed E-state index contributed by atoms with van der Waals surface area (Å²) in [6, 6.07) is 9.07. The van der Waals surface area contributed by atoms with Gasteiger partial charge >= 0.3 is 5.97 Å². The lowest BCUT2D eigenvalue weighted by molar-refractivity contribution is -0.146. The van der Waals surface area contributed by atoms with E-state index in [1.54, 1.807) is 12.1 Å². The molecule has 0 fully saturated rings. The second-order valence-electron chi connectivity index (χ2n) is 6.62. The normalized spacial score (nSPS) is 11.8. The monoisotopic (exact) mass is 390 g/mol. The molecule has 0 saturated carbocycles. The van der Waals surface area contributed by atoms with Gasteiger partial charge in [-0.3, -0.25) is 9.36 Å². The highest BCUT2D eigenvalue weighted by atomic mass is 35.5. The first kappa shape index (κ1) is 18.6. The number of aromatic nitrogens is 2. The number of carbonyl (C=O) groups is 1. The summed E-state index contributed by atoms with van der Waals surface area (Å²) < 4.78 is 1.30. The van der Waals surface area contributed by atoms with Gasteiger partial charge < -0.3 is 5.11 Å². The number of carboxylic acid groups (broad SMARTS) is 1. The predicted molar refractivity (Wildman–Crippen MR) is 104 cm³/mol. The Morgan fingerprint density at radius 1 is 1.35 bits per heavy atom. The second kappa shape index (κ2) is 6.85. The van der Waals surface area contributed by atoms with Crippen LogP contribution in [0.4, 0.5) is 0 Å². The molecule has 0 atom stereocenters. The number of rotatable bonds is 5. The number of halogens is 1. The van der Waals surface area contributed by atoms with Crippen LogP contribution in [-0.2, 0) is 23.2 Å². The van der Waals surface area contributed by atoms with Crippen LogP contribution in [0.2, 0.25) is 5.02 Å². The highest BCUT2D eigenvalue weighted by Crippen LogP contribution is 2.26. The topological polar surface area (TPSA) is 72.2 Å².